The quantitative estimate of drug-likeness (QED) is 0.659. The molecular formula is C20H18ClN3O2. The van der Waals surface area contributed by atoms with Crippen molar-refractivity contribution in [1.82, 2.24) is 9.97 Å². The van der Waals surface area contributed by atoms with Crippen LogP contribution in [0.25, 0.3) is 12.2 Å². The third kappa shape index (κ3) is 4.52. The Morgan fingerprint density at radius 2 is 1.77 bits per heavy atom. The zero-order chi connectivity index (χ0) is 18.4. The molecule has 132 valence electrons. The molecule has 0 aliphatic rings. The maximum atomic E-state index is 5.90. The smallest absolute Gasteiger partial charge is 0.227 e. The highest BCUT2D eigenvalue weighted by Crippen LogP contribution is 2.26. The Morgan fingerprint density at radius 1 is 0.962 bits per heavy atom. The van der Waals surface area contributed by atoms with Gasteiger partial charge in [0.15, 0.2) is 0 Å². The fourth-order valence-corrected chi connectivity index (χ4v) is 2.45. The van der Waals surface area contributed by atoms with Crippen LogP contribution in [0.1, 0.15) is 11.3 Å². The largest absolute Gasteiger partial charge is 0.497 e. The van der Waals surface area contributed by atoms with Crippen molar-refractivity contribution >= 4 is 35.4 Å². The van der Waals surface area contributed by atoms with Crippen LogP contribution in [0.5, 0.6) is 11.5 Å². The topological polar surface area (TPSA) is 56.3 Å². The van der Waals surface area contributed by atoms with Crippen molar-refractivity contribution < 1.29 is 9.47 Å². The van der Waals surface area contributed by atoms with Gasteiger partial charge in [0, 0.05) is 28.5 Å². The fraction of sp³-hybridized carbons (Fsp3) is 0.100. The summed E-state index contributed by atoms with van der Waals surface area (Å²) in [6, 6.07) is 14.9. The minimum absolute atomic E-state index is 0.510. The molecule has 0 atom stereocenters. The third-order valence-corrected chi connectivity index (χ3v) is 3.90. The van der Waals surface area contributed by atoms with Gasteiger partial charge < -0.3 is 14.8 Å². The number of anilines is 2. The van der Waals surface area contributed by atoms with E-state index in [1.54, 1.807) is 20.4 Å². The first-order chi connectivity index (χ1) is 12.7. The van der Waals surface area contributed by atoms with Crippen LogP contribution in [0.4, 0.5) is 11.6 Å². The Kier molecular flexibility index (Phi) is 5.71. The summed E-state index contributed by atoms with van der Waals surface area (Å²) in [5, 5.41) is 3.83. The van der Waals surface area contributed by atoms with Crippen molar-refractivity contribution in [3.8, 4) is 11.5 Å². The summed E-state index contributed by atoms with van der Waals surface area (Å²) in [6.45, 7) is 0. The molecule has 0 aliphatic heterocycles. The molecule has 0 fully saturated rings. The molecule has 6 heteroatoms. The molecular weight excluding hydrogens is 350 g/mol. The summed E-state index contributed by atoms with van der Waals surface area (Å²) in [5.41, 5.74) is 2.57. The lowest BCUT2D eigenvalue weighted by atomic mass is 10.1. The maximum Gasteiger partial charge on any atom is 0.227 e. The minimum Gasteiger partial charge on any atom is -0.497 e. The van der Waals surface area contributed by atoms with Crippen LogP contribution in [0.3, 0.4) is 0 Å². The van der Waals surface area contributed by atoms with E-state index in [0.717, 1.165) is 28.4 Å². The molecule has 0 aliphatic carbocycles. The molecule has 2 aromatic carbocycles. The fourth-order valence-electron chi connectivity index (χ4n) is 2.32. The van der Waals surface area contributed by atoms with Crippen LogP contribution < -0.4 is 14.8 Å². The van der Waals surface area contributed by atoms with Crippen molar-refractivity contribution in [2.45, 2.75) is 0 Å². The number of benzene rings is 2. The number of ether oxygens (including phenoxy) is 2. The summed E-state index contributed by atoms with van der Waals surface area (Å²) in [7, 11) is 3.26. The summed E-state index contributed by atoms with van der Waals surface area (Å²) >= 11 is 5.90. The number of hydrogen-bond donors (Lipinski definition) is 1. The van der Waals surface area contributed by atoms with Gasteiger partial charge in [0.05, 0.1) is 19.9 Å². The van der Waals surface area contributed by atoms with E-state index in [0.29, 0.717) is 11.0 Å². The predicted molar refractivity (Wildman–Crippen MR) is 105 cm³/mol. The molecule has 0 radical (unpaired) electrons. The van der Waals surface area contributed by atoms with E-state index in [4.69, 9.17) is 21.1 Å². The van der Waals surface area contributed by atoms with Gasteiger partial charge in [-0.15, -0.1) is 0 Å². The molecule has 26 heavy (non-hydrogen) atoms. The van der Waals surface area contributed by atoms with Crippen LogP contribution in [0.2, 0.25) is 5.02 Å². The number of rotatable bonds is 6. The highest BCUT2D eigenvalue weighted by atomic mass is 35.5. The van der Waals surface area contributed by atoms with E-state index in [2.05, 4.69) is 15.3 Å². The van der Waals surface area contributed by atoms with Crippen molar-refractivity contribution in [2.24, 2.45) is 0 Å². The van der Waals surface area contributed by atoms with Crippen molar-refractivity contribution in [1.29, 1.82) is 0 Å². The standard InChI is InChI=1S/C20H18ClN3O2/c1-25-18-10-4-14(19(13-18)26-2)3-7-17-11-12-22-20(24-17)23-16-8-5-15(21)6-9-16/h3-13H,1-2H3,(H,22,23,24)/b7-3+. The van der Waals surface area contributed by atoms with E-state index in [-0.39, 0.29) is 0 Å². The molecule has 0 spiro atoms. The zero-order valence-electron chi connectivity index (χ0n) is 14.4. The molecule has 0 bridgehead atoms. The lowest BCUT2D eigenvalue weighted by Gasteiger charge is -2.07. The summed E-state index contributed by atoms with van der Waals surface area (Å²) in [4.78, 5) is 8.73. The van der Waals surface area contributed by atoms with Crippen LogP contribution >= 0.6 is 11.6 Å². The number of halogens is 1. The number of nitrogens with zero attached hydrogens (tertiary/aromatic N) is 2. The van der Waals surface area contributed by atoms with Gasteiger partial charge in [-0.3, -0.25) is 0 Å². The third-order valence-electron chi connectivity index (χ3n) is 3.65. The summed E-state index contributed by atoms with van der Waals surface area (Å²) in [5.74, 6) is 1.99. The van der Waals surface area contributed by atoms with Gasteiger partial charge >= 0.3 is 0 Å². The Bertz CT molecular complexity index is 911. The van der Waals surface area contributed by atoms with Crippen molar-refractivity contribution in [2.75, 3.05) is 19.5 Å². The van der Waals surface area contributed by atoms with E-state index in [1.807, 2.05) is 60.7 Å². The molecule has 3 rings (SSSR count). The Balaban J connectivity index is 1.78. The van der Waals surface area contributed by atoms with Crippen molar-refractivity contribution in [3.63, 3.8) is 0 Å². The number of methoxy groups -OCH3 is 2. The maximum absolute atomic E-state index is 5.90. The Hall–Kier alpha value is -3.05. The van der Waals surface area contributed by atoms with Gasteiger partial charge in [0.25, 0.3) is 0 Å². The Labute approximate surface area is 157 Å². The van der Waals surface area contributed by atoms with Gasteiger partial charge in [-0.1, -0.05) is 11.6 Å². The normalized spacial score (nSPS) is 10.7. The van der Waals surface area contributed by atoms with Crippen LogP contribution in [-0.2, 0) is 0 Å². The minimum atomic E-state index is 0.510. The average Bonchev–Trinajstić information content (AvgIpc) is 2.68. The van der Waals surface area contributed by atoms with Gasteiger partial charge in [-0.2, -0.15) is 0 Å². The monoisotopic (exact) mass is 367 g/mol. The zero-order valence-corrected chi connectivity index (χ0v) is 15.2. The van der Waals surface area contributed by atoms with Crippen molar-refractivity contribution in [3.05, 3.63) is 71.0 Å². The van der Waals surface area contributed by atoms with E-state index < -0.39 is 0 Å². The molecule has 5 nitrogen and oxygen atoms in total. The lowest BCUT2D eigenvalue weighted by Crippen LogP contribution is -1.97. The molecule has 3 aromatic rings. The first kappa shape index (κ1) is 17.8. The van der Waals surface area contributed by atoms with Gasteiger partial charge in [0.1, 0.15) is 11.5 Å². The average molecular weight is 368 g/mol. The van der Waals surface area contributed by atoms with Gasteiger partial charge in [-0.25, -0.2) is 9.97 Å². The number of aromatic nitrogens is 2. The number of nitrogens with one attached hydrogen (secondary N) is 1. The van der Waals surface area contributed by atoms with Crippen LogP contribution in [0.15, 0.2) is 54.7 Å². The second kappa shape index (κ2) is 8.36. The summed E-state index contributed by atoms with van der Waals surface area (Å²) < 4.78 is 10.6. The number of hydrogen-bond acceptors (Lipinski definition) is 5. The second-order valence-corrected chi connectivity index (χ2v) is 5.81. The molecule has 0 unspecified atom stereocenters. The predicted octanol–water partition coefficient (Wildman–Crippen LogP) is 5.06. The van der Waals surface area contributed by atoms with Gasteiger partial charge in [-0.05, 0) is 54.6 Å². The van der Waals surface area contributed by atoms with Crippen LogP contribution in [0, 0.1) is 0 Å². The van der Waals surface area contributed by atoms with Gasteiger partial charge in [0.2, 0.25) is 5.95 Å². The SMILES string of the molecule is COc1ccc(/C=C/c2ccnc(Nc3ccc(Cl)cc3)n2)c(OC)c1. The molecule has 0 saturated heterocycles. The van der Waals surface area contributed by atoms with E-state index in [1.165, 1.54) is 0 Å². The van der Waals surface area contributed by atoms with Crippen LogP contribution in [-0.4, -0.2) is 24.2 Å². The van der Waals surface area contributed by atoms with E-state index in [9.17, 15) is 0 Å². The summed E-state index contributed by atoms with van der Waals surface area (Å²) in [6.07, 6.45) is 5.54. The first-order valence-corrected chi connectivity index (χ1v) is 8.31. The highest BCUT2D eigenvalue weighted by Gasteiger charge is 2.03. The lowest BCUT2D eigenvalue weighted by molar-refractivity contribution is 0.394. The second-order valence-electron chi connectivity index (χ2n) is 5.38. The molecule has 0 saturated carbocycles. The molecule has 1 aromatic heterocycles. The molecule has 1 N–H and O–H groups in total. The Morgan fingerprint density at radius 3 is 2.50 bits per heavy atom. The first-order valence-electron chi connectivity index (χ1n) is 7.93. The van der Waals surface area contributed by atoms with E-state index >= 15 is 0 Å². The molecule has 1 heterocycles. The molecule has 0 amide bonds. The highest BCUT2D eigenvalue weighted by molar-refractivity contribution is 6.30.